The highest BCUT2D eigenvalue weighted by molar-refractivity contribution is 5.78. The number of allylic oxidation sites excluding steroid dienone is 2. The highest BCUT2D eigenvalue weighted by Gasteiger charge is 2.15. The molecule has 0 radical (unpaired) electrons. The van der Waals surface area contributed by atoms with E-state index < -0.39 is 11.6 Å². The van der Waals surface area contributed by atoms with E-state index in [2.05, 4.69) is 30.4 Å². The van der Waals surface area contributed by atoms with Crippen molar-refractivity contribution in [3.05, 3.63) is 78.0 Å². The van der Waals surface area contributed by atoms with Gasteiger partial charge in [-0.1, -0.05) is 50.1 Å². The van der Waals surface area contributed by atoms with E-state index in [1.54, 1.807) is 18.2 Å². The van der Waals surface area contributed by atoms with Gasteiger partial charge in [-0.15, -0.1) is 6.58 Å². The minimum atomic E-state index is -0.909. The van der Waals surface area contributed by atoms with Crippen LogP contribution in [0.4, 0.5) is 8.78 Å². The van der Waals surface area contributed by atoms with Crippen LogP contribution in [0.3, 0.4) is 0 Å². The minimum Gasteiger partial charge on any atom is -0.379 e. The molecular formula is C29H34F2N2O. The number of ether oxygens (including phenoxy) is 1. The van der Waals surface area contributed by atoms with E-state index >= 15 is 0 Å². The third-order valence-electron chi connectivity index (χ3n) is 5.80. The Morgan fingerprint density at radius 2 is 1.91 bits per heavy atom. The van der Waals surface area contributed by atoms with Gasteiger partial charge in [0.25, 0.3) is 0 Å². The molecule has 180 valence electrons. The predicted octanol–water partition coefficient (Wildman–Crippen LogP) is 8.08. The Hall–Kier alpha value is -2.92. The van der Waals surface area contributed by atoms with E-state index in [0.717, 1.165) is 44.3 Å². The van der Waals surface area contributed by atoms with Crippen LogP contribution in [0, 0.1) is 11.6 Å². The molecule has 0 N–H and O–H groups in total. The van der Waals surface area contributed by atoms with Gasteiger partial charge in [0.1, 0.15) is 0 Å². The van der Waals surface area contributed by atoms with Crippen LogP contribution in [0.25, 0.3) is 28.4 Å². The van der Waals surface area contributed by atoms with Gasteiger partial charge in [-0.25, -0.2) is 13.8 Å². The summed E-state index contributed by atoms with van der Waals surface area (Å²) in [6.45, 7) is 8.81. The molecule has 5 heteroatoms. The molecule has 1 aromatic heterocycles. The van der Waals surface area contributed by atoms with Crippen molar-refractivity contribution < 1.29 is 13.5 Å². The van der Waals surface area contributed by atoms with Crippen molar-refractivity contribution in [1.82, 2.24) is 9.97 Å². The van der Waals surface area contributed by atoms with Crippen LogP contribution in [0.15, 0.2) is 55.3 Å². The molecule has 0 aliphatic rings. The summed E-state index contributed by atoms with van der Waals surface area (Å²) in [6.07, 6.45) is 13.9. The molecule has 1 heterocycles. The third-order valence-corrected chi connectivity index (χ3v) is 5.80. The van der Waals surface area contributed by atoms with Gasteiger partial charge in [0.15, 0.2) is 11.6 Å². The maximum Gasteiger partial charge on any atom is 0.168 e. The van der Waals surface area contributed by atoms with Crippen molar-refractivity contribution in [1.29, 1.82) is 0 Å². The Morgan fingerprint density at radius 3 is 2.71 bits per heavy atom. The average Bonchev–Trinajstić information content (AvgIpc) is 2.84. The first kappa shape index (κ1) is 25.7. The summed E-state index contributed by atoms with van der Waals surface area (Å²) < 4.78 is 35.4. The Kier molecular flexibility index (Phi) is 9.89. The molecule has 3 nitrogen and oxygen atoms in total. The number of unbranched alkanes of at least 4 members (excludes halogenated alkanes) is 3. The molecule has 0 amide bonds. The number of hydrogen-bond donors (Lipinski definition) is 0. The van der Waals surface area contributed by atoms with Crippen LogP contribution in [-0.2, 0) is 11.2 Å². The van der Waals surface area contributed by atoms with Gasteiger partial charge in [0.2, 0.25) is 0 Å². The van der Waals surface area contributed by atoms with Crippen LogP contribution in [0.5, 0.6) is 0 Å². The summed E-state index contributed by atoms with van der Waals surface area (Å²) in [7, 11) is 0. The van der Waals surface area contributed by atoms with Crippen molar-refractivity contribution in [2.24, 2.45) is 0 Å². The molecule has 34 heavy (non-hydrogen) atoms. The highest BCUT2D eigenvalue weighted by atomic mass is 19.2. The number of aromatic nitrogens is 2. The van der Waals surface area contributed by atoms with Crippen LogP contribution in [0.1, 0.15) is 63.5 Å². The predicted molar refractivity (Wildman–Crippen MR) is 137 cm³/mol. The molecule has 3 rings (SSSR count). The summed E-state index contributed by atoms with van der Waals surface area (Å²) >= 11 is 0. The largest absolute Gasteiger partial charge is 0.379 e. The minimum absolute atomic E-state index is 0.105. The zero-order valence-electron chi connectivity index (χ0n) is 20.2. The first-order valence-electron chi connectivity index (χ1n) is 12.2. The molecular weight excluding hydrogens is 430 g/mol. The highest BCUT2D eigenvalue weighted by Crippen LogP contribution is 2.27. The summed E-state index contributed by atoms with van der Waals surface area (Å²) in [5, 5.41) is 0. The van der Waals surface area contributed by atoms with Gasteiger partial charge in [-0.3, -0.25) is 4.98 Å². The molecule has 2 aromatic carbocycles. The Labute approximate surface area is 201 Å². The smallest absolute Gasteiger partial charge is 0.168 e. The zero-order valence-corrected chi connectivity index (χ0v) is 20.2. The molecule has 0 bridgehead atoms. The fraction of sp³-hybridized carbons (Fsp3) is 0.379. The second-order valence-electron chi connectivity index (χ2n) is 8.62. The molecule has 0 spiro atoms. The van der Waals surface area contributed by atoms with Gasteiger partial charge in [-0.05, 0) is 62.8 Å². The molecule has 0 saturated heterocycles. The molecule has 1 atom stereocenters. The third kappa shape index (κ3) is 7.04. The van der Waals surface area contributed by atoms with E-state index in [0.29, 0.717) is 16.7 Å². The number of halogens is 2. The van der Waals surface area contributed by atoms with Crippen molar-refractivity contribution in [2.45, 2.75) is 64.9 Å². The van der Waals surface area contributed by atoms with Gasteiger partial charge < -0.3 is 4.74 Å². The first-order valence-corrected chi connectivity index (χ1v) is 12.2. The van der Waals surface area contributed by atoms with Crippen molar-refractivity contribution >= 4 is 17.1 Å². The van der Waals surface area contributed by atoms with Crippen LogP contribution < -0.4 is 0 Å². The van der Waals surface area contributed by atoms with Crippen molar-refractivity contribution in [3.63, 3.8) is 0 Å². The normalized spacial score (nSPS) is 12.5. The summed E-state index contributed by atoms with van der Waals surface area (Å²) in [4.78, 5) is 8.88. The van der Waals surface area contributed by atoms with Gasteiger partial charge in [0.05, 0.1) is 29.0 Å². The Morgan fingerprint density at radius 1 is 1.06 bits per heavy atom. The van der Waals surface area contributed by atoms with E-state index in [1.165, 1.54) is 19.0 Å². The fourth-order valence-electron chi connectivity index (χ4n) is 3.82. The molecule has 0 fully saturated rings. The molecule has 0 saturated carbocycles. The van der Waals surface area contributed by atoms with Crippen LogP contribution in [0.2, 0.25) is 0 Å². The van der Waals surface area contributed by atoms with Gasteiger partial charge in [-0.2, -0.15) is 0 Å². The zero-order chi connectivity index (χ0) is 24.3. The second kappa shape index (κ2) is 13.1. The maximum absolute atomic E-state index is 14.9. The molecule has 3 aromatic rings. The Balaban J connectivity index is 1.61. The lowest BCUT2D eigenvalue weighted by molar-refractivity contribution is 0.0566. The van der Waals surface area contributed by atoms with E-state index in [9.17, 15) is 8.78 Å². The monoisotopic (exact) mass is 464 g/mol. The summed E-state index contributed by atoms with van der Waals surface area (Å²) in [5.74, 6) is -1.78. The fourth-order valence-corrected chi connectivity index (χ4v) is 3.82. The summed E-state index contributed by atoms with van der Waals surface area (Å²) in [6, 6.07) is 8.85. The average molecular weight is 465 g/mol. The van der Waals surface area contributed by atoms with Gasteiger partial charge in [0, 0.05) is 17.7 Å². The number of hydrogen-bond acceptors (Lipinski definition) is 3. The lowest BCUT2D eigenvalue weighted by atomic mass is 10.1. The van der Waals surface area contributed by atoms with Crippen LogP contribution in [-0.4, -0.2) is 22.7 Å². The molecule has 0 aliphatic carbocycles. The lowest BCUT2D eigenvalue weighted by Crippen LogP contribution is -2.08. The summed E-state index contributed by atoms with van der Waals surface area (Å²) in [5.41, 5.74) is 3.07. The standard InChI is InChI=1S/C29H34F2N2O/c1-4-6-10-18-34-21(3)12-8-7-9-13-23-15-16-24(29(31)28(23)30)27-20-32-26-19-22(11-5-2)14-17-25(26)33-27/h5,9,13-17,19-21H,2,4,6-8,10-12,18H2,1,3H3. The molecule has 0 aliphatic heterocycles. The SMILES string of the molecule is C=CCc1ccc2nc(-c3ccc(C=CCCCC(C)OCCCCC)c(F)c3F)cnc2c1. The van der Waals surface area contributed by atoms with Gasteiger partial charge >= 0.3 is 0 Å². The number of nitrogens with zero attached hydrogens (tertiary/aromatic N) is 2. The maximum atomic E-state index is 14.9. The lowest BCUT2D eigenvalue weighted by Gasteiger charge is -2.12. The van der Waals surface area contributed by atoms with Crippen molar-refractivity contribution in [2.75, 3.05) is 6.61 Å². The number of rotatable bonds is 13. The Bertz CT molecular complexity index is 1130. The van der Waals surface area contributed by atoms with E-state index in [-0.39, 0.29) is 17.2 Å². The number of benzene rings is 2. The van der Waals surface area contributed by atoms with E-state index in [4.69, 9.17) is 4.74 Å². The number of fused-ring (bicyclic) bond motifs is 1. The topological polar surface area (TPSA) is 35.0 Å². The molecule has 1 unspecified atom stereocenters. The first-order chi connectivity index (χ1) is 16.5. The van der Waals surface area contributed by atoms with Crippen LogP contribution >= 0.6 is 0 Å². The quantitative estimate of drug-likeness (QED) is 0.189. The second-order valence-corrected chi connectivity index (χ2v) is 8.62. The van der Waals surface area contributed by atoms with Crippen molar-refractivity contribution in [3.8, 4) is 11.3 Å². The van der Waals surface area contributed by atoms with E-state index in [1.807, 2.05) is 30.4 Å².